The molecule has 0 bridgehead atoms. The number of carbonyl (C=O) groups is 3. The Morgan fingerprint density at radius 1 is 1.06 bits per heavy atom. The molecule has 2 aromatic carbocycles. The van der Waals surface area contributed by atoms with Gasteiger partial charge in [-0.15, -0.1) is 0 Å². The van der Waals surface area contributed by atoms with E-state index < -0.39 is 35.0 Å². The molecule has 0 spiro atoms. The number of hydrogen-bond donors (Lipinski definition) is 1. The lowest BCUT2D eigenvalue weighted by Gasteiger charge is -2.22. The second-order valence-corrected chi connectivity index (χ2v) is 7.61. The molecule has 1 fully saturated rings. The first-order chi connectivity index (χ1) is 15.3. The van der Waals surface area contributed by atoms with Crippen LogP contribution in [0.5, 0.6) is 0 Å². The van der Waals surface area contributed by atoms with E-state index in [9.17, 15) is 27.6 Å². The highest BCUT2D eigenvalue weighted by atomic mass is 19.2. The predicted octanol–water partition coefficient (Wildman–Crippen LogP) is 3.72. The smallest absolute Gasteiger partial charge is 0.254 e. The van der Waals surface area contributed by atoms with Crippen LogP contribution < -0.4 is 5.32 Å². The summed E-state index contributed by atoms with van der Waals surface area (Å²) in [6.45, 7) is 2.93. The van der Waals surface area contributed by atoms with Gasteiger partial charge in [0, 0.05) is 31.6 Å². The Labute approximate surface area is 184 Å². The molecule has 3 rings (SSSR count). The summed E-state index contributed by atoms with van der Waals surface area (Å²) in [5.74, 6) is -5.56. The van der Waals surface area contributed by atoms with Gasteiger partial charge < -0.3 is 15.1 Å². The quantitative estimate of drug-likeness (QED) is 0.627. The van der Waals surface area contributed by atoms with Gasteiger partial charge in [-0.1, -0.05) is 19.1 Å². The van der Waals surface area contributed by atoms with Crippen molar-refractivity contribution in [2.75, 3.05) is 25.0 Å². The van der Waals surface area contributed by atoms with Crippen molar-refractivity contribution < 1.29 is 27.6 Å². The Kier molecular flexibility index (Phi) is 7.50. The number of anilines is 1. The van der Waals surface area contributed by atoms with Gasteiger partial charge in [0.05, 0.1) is 5.69 Å². The Hall–Kier alpha value is -3.36. The number of nitrogens with one attached hydrogen (secondary N) is 1. The molecule has 3 amide bonds. The van der Waals surface area contributed by atoms with Gasteiger partial charge in [0.25, 0.3) is 5.91 Å². The molecule has 32 heavy (non-hydrogen) atoms. The SMILES string of the molecule is CCCN(CC(=O)Nc1ccc(F)c(F)c1F)C(=O)c1ccc(CN2CCCC2=O)cc1. The van der Waals surface area contributed by atoms with Crippen molar-refractivity contribution in [2.45, 2.75) is 32.7 Å². The topological polar surface area (TPSA) is 69.7 Å². The number of rotatable bonds is 8. The van der Waals surface area contributed by atoms with E-state index in [0.717, 1.165) is 24.6 Å². The molecule has 1 N–H and O–H groups in total. The molecule has 1 aliphatic rings. The molecule has 0 aliphatic carbocycles. The molecule has 0 radical (unpaired) electrons. The Balaban J connectivity index is 1.65. The lowest BCUT2D eigenvalue weighted by molar-refractivity contribution is -0.128. The number of carbonyl (C=O) groups excluding carboxylic acids is 3. The summed E-state index contributed by atoms with van der Waals surface area (Å²) in [6, 6.07) is 8.42. The molecule has 2 aromatic rings. The van der Waals surface area contributed by atoms with Crippen molar-refractivity contribution in [1.82, 2.24) is 9.80 Å². The third kappa shape index (κ3) is 5.46. The number of hydrogen-bond acceptors (Lipinski definition) is 3. The minimum Gasteiger partial charge on any atom is -0.338 e. The standard InChI is InChI=1S/C23H24F3N3O3/c1-2-11-29(14-19(30)27-18-10-9-17(24)21(25)22(18)26)23(32)16-7-5-15(6-8-16)13-28-12-3-4-20(28)31/h5-10H,2-4,11-14H2,1H3,(H,27,30). The number of benzene rings is 2. The molecular weight excluding hydrogens is 423 g/mol. The lowest BCUT2D eigenvalue weighted by Crippen LogP contribution is -2.38. The van der Waals surface area contributed by atoms with Crippen molar-refractivity contribution in [3.8, 4) is 0 Å². The number of nitrogens with zero attached hydrogens (tertiary/aromatic N) is 2. The molecule has 1 aliphatic heterocycles. The van der Waals surface area contributed by atoms with Crippen molar-refractivity contribution >= 4 is 23.4 Å². The van der Waals surface area contributed by atoms with Crippen LogP contribution in [0.2, 0.25) is 0 Å². The number of amides is 3. The van der Waals surface area contributed by atoms with Gasteiger partial charge in [-0.25, -0.2) is 13.2 Å². The van der Waals surface area contributed by atoms with E-state index in [1.807, 2.05) is 6.92 Å². The molecule has 0 saturated carbocycles. The van der Waals surface area contributed by atoms with E-state index >= 15 is 0 Å². The van der Waals surface area contributed by atoms with Gasteiger partial charge in [0.1, 0.15) is 6.54 Å². The molecule has 0 aromatic heterocycles. The normalized spacial score (nSPS) is 13.4. The van der Waals surface area contributed by atoms with Crippen LogP contribution in [0.4, 0.5) is 18.9 Å². The summed E-state index contributed by atoms with van der Waals surface area (Å²) in [6.07, 6.45) is 1.98. The summed E-state index contributed by atoms with van der Waals surface area (Å²) < 4.78 is 40.2. The molecule has 1 heterocycles. The van der Waals surface area contributed by atoms with Crippen LogP contribution in [-0.4, -0.2) is 47.2 Å². The van der Waals surface area contributed by atoms with E-state index in [0.29, 0.717) is 31.0 Å². The fourth-order valence-electron chi connectivity index (χ4n) is 3.53. The second-order valence-electron chi connectivity index (χ2n) is 7.61. The zero-order valence-electron chi connectivity index (χ0n) is 17.7. The zero-order valence-corrected chi connectivity index (χ0v) is 17.7. The summed E-state index contributed by atoms with van der Waals surface area (Å²) in [5.41, 5.74) is 0.755. The van der Waals surface area contributed by atoms with Gasteiger partial charge >= 0.3 is 0 Å². The van der Waals surface area contributed by atoms with Gasteiger partial charge in [-0.05, 0) is 42.7 Å². The third-order valence-electron chi connectivity index (χ3n) is 5.17. The fraction of sp³-hybridized carbons (Fsp3) is 0.348. The van der Waals surface area contributed by atoms with Gasteiger partial charge in [-0.2, -0.15) is 0 Å². The monoisotopic (exact) mass is 447 g/mol. The van der Waals surface area contributed by atoms with E-state index in [4.69, 9.17) is 0 Å². The maximum Gasteiger partial charge on any atom is 0.254 e. The molecular formula is C23H24F3N3O3. The van der Waals surface area contributed by atoms with Crippen molar-refractivity contribution in [2.24, 2.45) is 0 Å². The van der Waals surface area contributed by atoms with Crippen LogP contribution in [0.3, 0.4) is 0 Å². The Morgan fingerprint density at radius 2 is 1.78 bits per heavy atom. The van der Waals surface area contributed by atoms with Crippen LogP contribution in [0.1, 0.15) is 42.1 Å². The third-order valence-corrected chi connectivity index (χ3v) is 5.17. The van der Waals surface area contributed by atoms with Crippen LogP contribution in [0.15, 0.2) is 36.4 Å². The molecule has 1 saturated heterocycles. The molecule has 6 nitrogen and oxygen atoms in total. The van der Waals surface area contributed by atoms with Gasteiger partial charge in [0.15, 0.2) is 17.5 Å². The first-order valence-electron chi connectivity index (χ1n) is 10.4. The summed E-state index contributed by atoms with van der Waals surface area (Å²) in [5, 5.41) is 2.18. The molecule has 170 valence electrons. The lowest BCUT2D eigenvalue weighted by atomic mass is 10.1. The minimum absolute atomic E-state index is 0.114. The first-order valence-corrected chi connectivity index (χ1v) is 10.4. The first kappa shape index (κ1) is 23.3. The van der Waals surface area contributed by atoms with Crippen molar-refractivity contribution in [1.29, 1.82) is 0 Å². The number of halogens is 3. The second kappa shape index (κ2) is 10.3. The minimum atomic E-state index is -1.68. The van der Waals surface area contributed by atoms with E-state index in [1.54, 1.807) is 29.2 Å². The molecule has 0 atom stereocenters. The van der Waals surface area contributed by atoms with E-state index in [-0.39, 0.29) is 19.0 Å². The summed E-state index contributed by atoms with van der Waals surface area (Å²) in [7, 11) is 0. The van der Waals surface area contributed by atoms with Gasteiger partial charge in [0.2, 0.25) is 11.8 Å². The summed E-state index contributed by atoms with van der Waals surface area (Å²) in [4.78, 5) is 40.1. The zero-order chi connectivity index (χ0) is 23.3. The molecule has 0 unspecified atom stereocenters. The Bertz CT molecular complexity index is 1010. The van der Waals surface area contributed by atoms with E-state index in [1.165, 1.54) is 4.90 Å². The van der Waals surface area contributed by atoms with Crippen LogP contribution in [0.25, 0.3) is 0 Å². The highest BCUT2D eigenvalue weighted by Gasteiger charge is 2.22. The van der Waals surface area contributed by atoms with Crippen LogP contribution in [-0.2, 0) is 16.1 Å². The highest BCUT2D eigenvalue weighted by molar-refractivity contribution is 5.99. The Morgan fingerprint density at radius 3 is 2.41 bits per heavy atom. The fourth-order valence-corrected chi connectivity index (χ4v) is 3.53. The summed E-state index contributed by atoms with van der Waals surface area (Å²) >= 11 is 0. The van der Waals surface area contributed by atoms with Crippen LogP contribution in [0, 0.1) is 17.5 Å². The number of likely N-dealkylation sites (tertiary alicyclic amines) is 1. The van der Waals surface area contributed by atoms with Gasteiger partial charge in [-0.3, -0.25) is 14.4 Å². The van der Waals surface area contributed by atoms with Crippen LogP contribution >= 0.6 is 0 Å². The van der Waals surface area contributed by atoms with Crippen molar-refractivity contribution in [3.05, 3.63) is 65.0 Å². The maximum atomic E-state index is 13.8. The highest BCUT2D eigenvalue weighted by Crippen LogP contribution is 2.20. The maximum absolute atomic E-state index is 13.8. The predicted molar refractivity (Wildman–Crippen MR) is 112 cm³/mol. The average molecular weight is 447 g/mol. The van der Waals surface area contributed by atoms with Crippen molar-refractivity contribution in [3.63, 3.8) is 0 Å². The molecule has 9 heteroatoms. The average Bonchev–Trinajstić information content (AvgIpc) is 3.18. The van der Waals surface area contributed by atoms with E-state index in [2.05, 4.69) is 5.32 Å². The largest absolute Gasteiger partial charge is 0.338 e.